The van der Waals surface area contributed by atoms with Crippen molar-refractivity contribution < 1.29 is 19.4 Å². The fourth-order valence-electron chi connectivity index (χ4n) is 1.89. The molecule has 1 heterocycles. The Morgan fingerprint density at radius 2 is 2.09 bits per heavy atom. The van der Waals surface area contributed by atoms with Crippen LogP contribution in [0.2, 0.25) is 0 Å². The van der Waals surface area contributed by atoms with Crippen LogP contribution in [0.1, 0.15) is 21.1 Å². The van der Waals surface area contributed by atoms with E-state index in [4.69, 9.17) is 4.74 Å². The summed E-state index contributed by atoms with van der Waals surface area (Å²) < 4.78 is 4.94. The van der Waals surface area contributed by atoms with Crippen LogP contribution in [-0.4, -0.2) is 35.1 Å². The molecule has 0 saturated carbocycles. The van der Waals surface area contributed by atoms with Crippen molar-refractivity contribution in [2.24, 2.45) is 0 Å². The van der Waals surface area contributed by atoms with E-state index in [2.05, 4.69) is 10.3 Å². The van der Waals surface area contributed by atoms with Gasteiger partial charge in [0.05, 0.1) is 6.61 Å². The van der Waals surface area contributed by atoms with Gasteiger partial charge in [0.2, 0.25) is 0 Å². The number of carboxylic acid groups (broad SMARTS) is 1. The molecule has 0 aliphatic rings. The molecule has 1 atom stereocenters. The SMILES string of the molecule is COCc1nc(C(=O)N[C@@H](Cc2ccccc2)C(=O)O)cs1. The Hall–Kier alpha value is -2.25. The zero-order valence-corrected chi connectivity index (χ0v) is 12.8. The molecule has 1 aromatic heterocycles. The number of aromatic nitrogens is 1. The van der Waals surface area contributed by atoms with Gasteiger partial charge in [0.1, 0.15) is 16.7 Å². The number of hydrogen-bond donors (Lipinski definition) is 2. The van der Waals surface area contributed by atoms with E-state index in [1.165, 1.54) is 11.3 Å². The molecule has 116 valence electrons. The molecule has 22 heavy (non-hydrogen) atoms. The molecule has 7 heteroatoms. The first-order valence-corrected chi connectivity index (χ1v) is 7.49. The highest BCUT2D eigenvalue weighted by Gasteiger charge is 2.22. The van der Waals surface area contributed by atoms with Crippen LogP contribution in [0.4, 0.5) is 0 Å². The van der Waals surface area contributed by atoms with Crippen molar-refractivity contribution in [2.75, 3.05) is 7.11 Å². The summed E-state index contributed by atoms with van der Waals surface area (Å²) in [6, 6.07) is 8.15. The molecular formula is C15H16N2O4S. The largest absolute Gasteiger partial charge is 0.480 e. The van der Waals surface area contributed by atoms with E-state index in [1.54, 1.807) is 12.5 Å². The summed E-state index contributed by atoms with van der Waals surface area (Å²) in [5.41, 5.74) is 1.05. The molecule has 0 unspecified atom stereocenters. The summed E-state index contributed by atoms with van der Waals surface area (Å²) in [6.45, 7) is 0.324. The maximum atomic E-state index is 12.1. The van der Waals surface area contributed by atoms with Crippen LogP contribution in [0.25, 0.3) is 0 Å². The molecule has 6 nitrogen and oxygen atoms in total. The number of carbonyl (C=O) groups is 2. The first-order chi connectivity index (χ1) is 10.6. The maximum Gasteiger partial charge on any atom is 0.326 e. The van der Waals surface area contributed by atoms with Crippen molar-refractivity contribution in [1.29, 1.82) is 0 Å². The van der Waals surface area contributed by atoms with Gasteiger partial charge in [-0.05, 0) is 5.56 Å². The van der Waals surface area contributed by atoms with E-state index < -0.39 is 17.9 Å². The number of thiazole rings is 1. The van der Waals surface area contributed by atoms with E-state index in [-0.39, 0.29) is 12.1 Å². The van der Waals surface area contributed by atoms with Crippen LogP contribution in [0.15, 0.2) is 35.7 Å². The third-order valence-electron chi connectivity index (χ3n) is 2.94. The summed E-state index contributed by atoms with van der Waals surface area (Å²) >= 11 is 1.30. The smallest absolute Gasteiger partial charge is 0.326 e. The second kappa shape index (κ2) is 7.67. The van der Waals surface area contributed by atoms with E-state index in [0.717, 1.165) is 5.56 Å². The van der Waals surface area contributed by atoms with Gasteiger partial charge >= 0.3 is 5.97 Å². The normalized spacial score (nSPS) is 11.9. The maximum absolute atomic E-state index is 12.1. The molecule has 1 aromatic carbocycles. The van der Waals surface area contributed by atoms with Crippen LogP contribution < -0.4 is 5.32 Å². The summed E-state index contributed by atoms with van der Waals surface area (Å²) in [5.74, 6) is -1.58. The second-order valence-electron chi connectivity index (χ2n) is 4.61. The predicted molar refractivity (Wildman–Crippen MR) is 81.9 cm³/mol. The van der Waals surface area contributed by atoms with Gasteiger partial charge in [0, 0.05) is 18.9 Å². The number of methoxy groups -OCH3 is 1. The number of amides is 1. The summed E-state index contributed by atoms with van der Waals surface area (Å²) in [7, 11) is 1.54. The molecule has 0 aliphatic heterocycles. The molecule has 0 spiro atoms. The number of rotatable bonds is 7. The first kappa shape index (κ1) is 16.1. The van der Waals surface area contributed by atoms with Crippen molar-refractivity contribution in [3.8, 4) is 0 Å². The molecule has 0 fully saturated rings. The zero-order valence-electron chi connectivity index (χ0n) is 12.0. The Bertz CT molecular complexity index is 642. The standard InChI is InChI=1S/C15H16N2O4S/c1-21-8-13-16-12(9-22-13)14(18)17-11(15(19)20)7-10-5-3-2-4-6-10/h2-6,9,11H,7-8H2,1H3,(H,17,18)(H,19,20)/t11-/m0/s1. The fraction of sp³-hybridized carbons (Fsp3) is 0.267. The minimum absolute atomic E-state index is 0.205. The third kappa shape index (κ3) is 4.37. The first-order valence-electron chi connectivity index (χ1n) is 6.61. The molecule has 2 N–H and O–H groups in total. The van der Waals surface area contributed by atoms with Gasteiger partial charge in [0.25, 0.3) is 5.91 Å². The molecule has 0 aliphatic carbocycles. The average molecular weight is 320 g/mol. The van der Waals surface area contributed by atoms with Crippen LogP contribution in [-0.2, 0) is 22.6 Å². The Kier molecular flexibility index (Phi) is 5.62. The minimum atomic E-state index is -1.08. The number of hydrogen-bond acceptors (Lipinski definition) is 5. The second-order valence-corrected chi connectivity index (χ2v) is 5.56. The van der Waals surface area contributed by atoms with E-state index in [9.17, 15) is 14.7 Å². The predicted octanol–water partition coefficient (Wildman–Crippen LogP) is 1.72. The monoisotopic (exact) mass is 320 g/mol. The summed E-state index contributed by atoms with van der Waals surface area (Å²) in [6.07, 6.45) is 0.219. The zero-order chi connectivity index (χ0) is 15.9. The van der Waals surface area contributed by atoms with Gasteiger partial charge in [-0.25, -0.2) is 9.78 Å². The molecule has 0 radical (unpaired) electrons. The molecule has 1 amide bonds. The number of nitrogens with one attached hydrogen (secondary N) is 1. The van der Waals surface area contributed by atoms with Crippen molar-refractivity contribution in [2.45, 2.75) is 19.1 Å². The van der Waals surface area contributed by atoms with E-state index in [1.807, 2.05) is 30.3 Å². The molecule has 0 saturated heterocycles. The number of ether oxygens (including phenoxy) is 1. The number of nitrogens with zero attached hydrogens (tertiary/aromatic N) is 1. The van der Waals surface area contributed by atoms with Gasteiger partial charge < -0.3 is 15.2 Å². The van der Waals surface area contributed by atoms with Crippen LogP contribution in [0.3, 0.4) is 0 Å². The highest BCUT2D eigenvalue weighted by molar-refractivity contribution is 7.09. The van der Waals surface area contributed by atoms with Gasteiger partial charge in [-0.15, -0.1) is 11.3 Å². The lowest BCUT2D eigenvalue weighted by atomic mass is 10.1. The van der Waals surface area contributed by atoms with Crippen molar-refractivity contribution >= 4 is 23.2 Å². The lowest BCUT2D eigenvalue weighted by Crippen LogP contribution is -2.42. The lowest BCUT2D eigenvalue weighted by molar-refractivity contribution is -0.139. The molecule has 0 bridgehead atoms. The Balaban J connectivity index is 2.03. The van der Waals surface area contributed by atoms with Gasteiger partial charge in [-0.3, -0.25) is 4.79 Å². The molecule has 2 aromatic rings. The van der Waals surface area contributed by atoms with Crippen LogP contribution in [0, 0.1) is 0 Å². The number of benzene rings is 1. The number of carboxylic acids is 1. The molecular weight excluding hydrogens is 304 g/mol. The third-order valence-corrected chi connectivity index (χ3v) is 3.76. The number of carbonyl (C=O) groups excluding carboxylic acids is 1. The highest BCUT2D eigenvalue weighted by atomic mass is 32.1. The summed E-state index contributed by atoms with van der Waals surface area (Å²) in [5, 5.41) is 14.0. The quantitative estimate of drug-likeness (QED) is 0.811. The highest BCUT2D eigenvalue weighted by Crippen LogP contribution is 2.11. The van der Waals surface area contributed by atoms with E-state index >= 15 is 0 Å². The number of aliphatic carboxylic acids is 1. The van der Waals surface area contributed by atoms with Gasteiger partial charge in [0.15, 0.2) is 0 Å². The molecule has 2 rings (SSSR count). The fourth-order valence-corrected chi connectivity index (χ4v) is 2.63. The van der Waals surface area contributed by atoms with E-state index in [0.29, 0.717) is 11.6 Å². The Labute approximate surface area is 131 Å². The Morgan fingerprint density at radius 1 is 1.36 bits per heavy atom. The summed E-state index contributed by atoms with van der Waals surface area (Å²) in [4.78, 5) is 27.5. The lowest BCUT2D eigenvalue weighted by Gasteiger charge is -2.13. The topological polar surface area (TPSA) is 88.5 Å². The van der Waals surface area contributed by atoms with Crippen LogP contribution in [0.5, 0.6) is 0 Å². The Morgan fingerprint density at radius 3 is 2.73 bits per heavy atom. The van der Waals surface area contributed by atoms with Gasteiger partial charge in [-0.2, -0.15) is 0 Å². The van der Waals surface area contributed by atoms with Crippen molar-refractivity contribution in [1.82, 2.24) is 10.3 Å². The average Bonchev–Trinajstić information content (AvgIpc) is 2.96. The van der Waals surface area contributed by atoms with Crippen LogP contribution >= 0.6 is 11.3 Å². The van der Waals surface area contributed by atoms with Gasteiger partial charge in [-0.1, -0.05) is 30.3 Å². The van der Waals surface area contributed by atoms with Crippen molar-refractivity contribution in [3.05, 3.63) is 52.0 Å². The van der Waals surface area contributed by atoms with Crippen molar-refractivity contribution in [3.63, 3.8) is 0 Å². The minimum Gasteiger partial charge on any atom is -0.480 e.